The van der Waals surface area contributed by atoms with Crippen LogP contribution in [0.3, 0.4) is 0 Å². The first-order valence-electron chi connectivity index (χ1n) is 11.6. The molecule has 0 spiro atoms. The van der Waals surface area contributed by atoms with Crippen LogP contribution in [0.2, 0.25) is 0 Å². The van der Waals surface area contributed by atoms with Crippen molar-refractivity contribution in [2.45, 2.75) is 109 Å². The molecule has 0 N–H and O–H groups in total. The average molecular weight is 387 g/mol. The van der Waals surface area contributed by atoms with Gasteiger partial charge in [0.15, 0.2) is 12.3 Å². The van der Waals surface area contributed by atoms with Crippen molar-refractivity contribution in [2.24, 2.45) is 23.7 Å². The van der Waals surface area contributed by atoms with Gasteiger partial charge in [0.2, 0.25) is 0 Å². The zero-order valence-electron chi connectivity index (χ0n) is 17.4. The molecule has 3 aliphatic carbocycles. The molecule has 2 nitrogen and oxygen atoms in total. The maximum absolute atomic E-state index is 14.4. The second-order valence-electron chi connectivity index (χ2n) is 9.55. The Bertz CT molecular complexity index is 417. The fourth-order valence-electron chi connectivity index (χ4n) is 5.52. The van der Waals surface area contributed by atoms with Gasteiger partial charge in [-0.25, -0.2) is 8.78 Å². The molecule has 0 aromatic heterocycles. The van der Waals surface area contributed by atoms with Gasteiger partial charge < -0.3 is 9.47 Å². The van der Waals surface area contributed by atoms with E-state index in [1.54, 1.807) is 0 Å². The van der Waals surface area contributed by atoms with Crippen LogP contribution in [0.25, 0.3) is 0 Å². The van der Waals surface area contributed by atoms with Gasteiger partial charge in [-0.3, -0.25) is 0 Å². The van der Waals surface area contributed by atoms with Gasteiger partial charge in [-0.15, -0.1) is 0 Å². The first kappa shape index (κ1) is 21.5. The van der Waals surface area contributed by atoms with Crippen molar-refractivity contribution in [1.82, 2.24) is 0 Å². The Balaban J connectivity index is 1.35. The van der Waals surface area contributed by atoms with E-state index < -0.39 is 24.6 Å². The van der Waals surface area contributed by atoms with Gasteiger partial charge in [0.05, 0.1) is 12.2 Å². The molecule has 3 fully saturated rings. The number of rotatable bonds is 7. The molecule has 0 aromatic carbocycles. The standard InChI is InChI=1S/C23H40F2O2/c1-3-14-26-20-12-13-21(23(25)22(20)24)27-15-17-6-10-19(11-7-17)18-8-4-16(2)5-9-18/h16-23H,3-15H2,1-2H3. The first-order chi connectivity index (χ1) is 13.1. The molecule has 158 valence electrons. The summed E-state index contributed by atoms with van der Waals surface area (Å²) >= 11 is 0. The largest absolute Gasteiger partial charge is 0.375 e. The topological polar surface area (TPSA) is 18.5 Å². The van der Waals surface area contributed by atoms with E-state index >= 15 is 0 Å². The zero-order valence-corrected chi connectivity index (χ0v) is 17.4. The quantitative estimate of drug-likeness (QED) is 0.513. The van der Waals surface area contributed by atoms with E-state index in [4.69, 9.17) is 9.47 Å². The average Bonchev–Trinajstić information content (AvgIpc) is 2.69. The van der Waals surface area contributed by atoms with Crippen molar-refractivity contribution < 1.29 is 18.3 Å². The van der Waals surface area contributed by atoms with E-state index in [0.29, 0.717) is 32.0 Å². The van der Waals surface area contributed by atoms with Gasteiger partial charge in [-0.05, 0) is 81.5 Å². The van der Waals surface area contributed by atoms with Crippen LogP contribution in [0.4, 0.5) is 8.78 Å². The molecule has 3 aliphatic rings. The van der Waals surface area contributed by atoms with Crippen LogP contribution in [-0.2, 0) is 9.47 Å². The van der Waals surface area contributed by atoms with Crippen molar-refractivity contribution >= 4 is 0 Å². The van der Waals surface area contributed by atoms with E-state index in [9.17, 15) is 8.78 Å². The lowest BCUT2D eigenvalue weighted by molar-refractivity contribution is -0.123. The number of alkyl halides is 2. The van der Waals surface area contributed by atoms with Gasteiger partial charge >= 0.3 is 0 Å². The first-order valence-corrected chi connectivity index (χ1v) is 11.6. The Morgan fingerprint density at radius 3 is 1.78 bits per heavy atom. The third-order valence-corrected chi connectivity index (χ3v) is 7.45. The Morgan fingerprint density at radius 1 is 0.704 bits per heavy atom. The van der Waals surface area contributed by atoms with Crippen LogP contribution in [0, 0.1) is 23.7 Å². The van der Waals surface area contributed by atoms with Crippen LogP contribution in [-0.4, -0.2) is 37.8 Å². The maximum atomic E-state index is 14.4. The smallest absolute Gasteiger partial charge is 0.160 e. The van der Waals surface area contributed by atoms with Crippen LogP contribution in [0.5, 0.6) is 0 Å². The third-order valence-electron chi connectivity index (χ3n) is 7.45. The molecule has 4 heteroatoms. The second kappa shape index (κ2) is 10.5. The summed E-state index contributed by atoms with van der Waals surface area (Å²) in [6.07, 6.45) is 8.35. The Labute approximate surface area is 164 Å². The molecule has 0 radical (unpaired) electrons. The van der Waals surface area contributed by atoms with Crippen molar-refractivity contribution in [3.05, 3.63) is 0 Å². The predicted octanol–water partition coefficient (Wildman–Crippen LogP) is 6.27. The summed E-state index contributed by atoms with van der Waals surface area (Å²) in [5.41, 5.74) is 0. The molecule has 0 heterocycles. The van der Waals surface area contributed by atoms with Crippen molar-refractivity contribution in [2.75, 3.05) is 13.2 Å². The molecule has 0 aromatic rings. The lowest BCUT2D eigenvalue weighted by Gasteiger charge is -2.38. The molecule has 3 rings (SSSR count). The van der Waals surface area contributed by atoms with E-state index in [1.807, 2.05) is 6.92 Å². The molecule has 0 saturated heterocycles. The summed E-state index contributed by atoms with van der Waals surface area (Å²) in [5.74, 6) is 3.28. The Morgan fingerprint density at radius 2 is 1.22 bits per heavy atom. The van der Waals surface area contributed by atoms with Crippen molar-refractivity contribution in [3.8, 4) is 0 Å². The number of halogens is 2. The summed E-state index contributed by atoms with van der Waals surface area (Å²) < 4.78 is 40.1. The van der Waals surface area contributed by atoms with E-state index in [2.05, 4.69) is 6.92 Å². The maximum Gasteiger partial charge on any atom is 0.160 e. The molecule has 0 bridgehead atoms. The Hall–Kier alpha value is -0.220. The van der Waals surface area contributed by atoms with Crippen molar-refractivity contribution in [3.63, 3.8) is 0 Å². The highest BCUT2D eigenvalue weighted by atomic mass is 19.2. The van der Waals surface area contributed by atoms with E-state index in [0.717, 1.165) is 24.2 Å². The van der Waals surface area contributed by atoms with Crippen molar-refractivity contribution in [1.29, 1.82) is 0 Å². The summed E-state index contributed by atoms with van der Waals surface area (Å²) in [6.45, 7) is 5.48. The number of hydrogen-bond acceptors (Lipinski definition) is 2. The lowest BCUT2D eigenvalue weighted by atomic mass is 9.69. The normalized spacial score (nSPS) is 43.6. The molecule has 0 aliphatic heterocycles. The van der Waals surface area contributed by atoms with Crippen LogP contribution >= 0.6 is 0 Å². The predicted molar refractivity (Wildman–Crippen MR) is 105 cm³/mol. The number of hydrogen-bond donors (Lipinski definition) is 0. The van der Waals surface area contributed by atoms with Crippen LogP contribution in [0.1, 0.15) is 84.5 Å². The van der Waals surface area contributed by atoms with Crippen LogP contribution < -0.4 is 0 Å². The van der Waals surface area contributed by atoms with Gasteiger partial charge in [-0.2, -0.15) is 0 Å². The minimum absolute atomic E-state index is 0.506. The summed E-state index contributed by atoms with van der Waals surface area (Å²) in [6, 6.07) is 0. The second-order valence-corrected chi connectivity index (χ2v) is 9.55. The number of ether oxygens (including phenoxy) is 2. The molecule has 4 unspecified atom stereocenters. The molecule has 3 saturated carbocycles. The van der Waals surface area contributed by atoms with E-state index in [1.165, 1.54) is 51.4 Å². The van der Waals surface area contributed by atoms with Gasteiger partial charge in [-0.1, -0.05) is 26.7 Å². The highest BCUT2D eigenvalue weighted by Crippen LogP contribution is 2.41. The highest BCUT2D eigenvalue weighted by molar-refractivity contribution is 4.90. The van der Waals surface area contributed by atoms with Gasteiger partial charge in [0, 0.05) is 13.2 Å². The van der Waals surface area contributed by atoms with Crippen LogP contribution in [0.15, 0.2) is 0 Å². The van der Waals surface area contributed by atoms with E-state index in [-0.39, 0.29) is 0 Å². The zero-order chi connectivity index (χ0) is 19.2. The molecular weight excluding hydrogens is 346 g/mol. The molecule has 27 heavy (non-hydrogen) atoms. The van der Waals surface area contributed by atoms with Gasteiger partial charge in [0.1, 0.15) is 0 Å². The molecular formula is C23H40F2O2. The minimum atomic E-state index is -1.54. The fourth-order valence-corrected chi connectivity index (χ4v) is 5.52. The summed E-state index contributed by atoms with van der Waals surface area (Å²) in [4.78, 5) is 0. The van der Waals surface area contributed by atoms with Gasteiger partial charge in [0.25, 0.3) is 0 Å². The SMILES string of the molecule is CCCOC1CCC(OCC2CCC(C3CCC(C)CC3)CC2)C(F)C1F. The molecule has 4 atom stereocenters. The minimum Gasteiger partial charge on any atom is -0.375 e. The Kier molecular flexibility index (Phi) is 8.38. The summed E-state index contributed by atoms with van der Waals surface area (Å²) in [5, 5.41) is 0. The molecule has 0 amide bonds. The third kappa shape index (κ3) is 5.88. The lowest BCUT2D eigenvalue weighted by Crippen LogP contribution is -2.47. The highest BCUT2D eigenvalue weighted by Gasteiger charge is 2.42. The summed E-state index contributed by atoms with van der Waals surface area (Å²) in [7, 11) is 0. The fraction of sp³-hybridized carbons (Fsp3) is 1.00. The monoisotopic (exact) mass is 386 g/mol.